The Labute approximate surface area is 332 Å². The summed E-state index contributed by atoms with van der Waals surface area (Å²) in [6.07, 6.45) is 4.22. The number of alkyl carbamates (subject to hydrolysis) is 1. The van der Waals surface area contributed by atoms with Gasteiger partial charge >= 0.3 is 6.09 Å². The van der Waals surface area contributed by atoms with Crippen molar-refractivity contribution in [2.24, 2.45) is 17.8 Å². The van der Waals surface area contributed by atoms with Gasteiger partial charge in [-0.3, -0.25) is 19.1 Å². The first kappa shape index (κ1) is 41.9. The fourth-order valence-corrected chi connectivity index (χ4v) is 9.27. The van der Waals surface area contributed by atoms with Crippen LogP contribution in [0.3, 0.4) is 0 Å². The van der Waals surface area contributed by atoms with Crippen LogP contribution in [-0.2, 0) is 29.1 Å². The molecule has 312 valence electrons. The van der Waals surface area contributed by atoms with Gasteiger partial charge in [-0.15, -0.1) is 0 Å². The number of rotatable bonds is 9. The number of pyridine rings is 1. The van der Waals surface area contributed by atoms with Crippen LogP contribution >= 0.6 is 0 Å². The van der Waals surface area contributed by atoms with Gasteiger partial charge in [0.15, 0.2) is 5.75 Å². The minimum atomic E-state index is -4.40. The summed E-state index contributed by atoms with van der Waals surface area (Å²) in [6.45, 7) is 7.81. The highest BCUT2D eigenvalue weighted by Crippen LogP contribution is 2.48. The molecule has 4 amide bonds. The molecule has 57 heavy (non-hydrogen) atoms. The number of hydrogen-bond donors (Lipinski definition) is 3. The number of nitrogens with zero attached hydrogens (tertiary/aromatic N) is 2. The SMILES string of the molecule is COc1ccc2nc(OC)c(O[C@@H]3C[C@H]4C(=O)N[C@]5(C(=O)NS(=O)(=O)C6(CF)CC6)C[C@H]5/C=C\CC[C@@H](C)C[C@@H](C)[C@H](NC(=O)OC(C)(C)C)C(=O)N4C3)cc2c1. The van der Waals surface area contributed by atoms with Gasteiger partial charge in [-0.1, -0.05) is 26.0 Å². The third-order valence-corrected chi connectivity index (χ3v) is 13.5. The van der Waals surface area contributed by atoms with Gasteiger partial charge in [0.25, 0.3) is 11.8 Å². The monoisotopic (exact) mass is 815 g/mol. The average molecular weight is 816 g/mol. The van der Waals surface area contributed by atoms with Crippen molar-refractivity contribution in [2.75, 3.05) is 27.4 Å². The van der Waals surface area contributed by atoms with Crippen molar-refractivity contribution in [1.29, 1.82) is 0 Å². The first-order valence-electron chi connectivity index (χ1n) is 19.4. The van der Waals surface area contributed by atoms with Crippen LogP contribution in [0.25, 0.3) is 10.9 Å². The lowest BCUT2D eigenvalue weighted by molar-refractivity contribution is -0.142. The molecule has 2 aromatic rings. The molecule has 4 aliphatic rings. The number of carbonyl (C=O) groups excluding carboxylic acids is 4. The summed E-state index contributed by atoms with van der Waals surface area (Å²) in [6, 6.07) is 4.72. The summed E-state index contributed by atoms with van der Waals surface area (Å²) in [7, 11) is -1.41. The van der Waals surface area contributed by atoms with E-state index in [0.717, 1.165) is 6.42 Å². The second-order valence-corrected chi connectivity index (χ2v) is 19.1. The summed E-state index contributed by atoms with van der Waals surface area (Å²) in [5.74, 6) is -2.06. The minimum Gasteiger partial charge on any atom is -0.497 e. The van der Waals surface area contributed by atoms with E-state index in [1.54, 1.807) is 58.2 Å². The molecule has 15 nitrogen and oxygen atoms in total. The zero-order chi connectivity index (χ0) is 41.5. The van der Waals surface area contributed by atoms with E-state index >= 15 is 0 Å². The minimum absolute atomic E-state index is 0.0394. The van der Waals surface area contributed by atoms with Gasteiger partial charge in [0.2, 0.25) is 21.8 Å². The largest absolute Gasteiger partial charge is 0.497 e. The van der Waals surface area contributed by atoms with Gasteiger partial charge in [-0.2, -0.15) is 0 Å². The van der Waals surface area contributed by atoms with Crippen LogP contribution in [0, 0.1) is 17.8 Å². The van der Waals surface area contributed by atoms with E-state index in [0.29, 0.717) is 29.5 Å². The van der Waals surface area contributed by atoms with Crippen LogP contribution < -0.4 is 29.6 Å². The molecule has 3 fully saturated rings. The lowest BCUT2D eigenvalue weighted by Gasteiger charge is -2.33. The number of carbonyl (C=O) groups is 4. The Morgan fingerprint density at radius 3 is 2.47 bits per heavy atom. The maximum atomic E-state index is 14.8. The van der Waals surface area contributed by atoms with Crippen LogP contribution in [0.5, 0.6) is 17.4 Å². The first-order chi connectivity index (χ1) is 26.8. The predicted molar refractivity (Wildman–Crippen MR) is 208 cm³/mol. The number of allylic oxidation sites excluding steroid dienone is 1. The molecule has 0 unspecified atom stereocenters. The number of sulfonamides is 1. The van der Waals surface area contributed by atoms with E-state index in [4.69, 9.17) is 18.9 Å². The highest BCUT2D eigenvalue weighted by molar-refractivity contribution is 7.91. The van der Waals surface area contributed by atoms with Gasteiger partial charge in [-0.05, 0) is 95.4 Å². The number of halogens is 1. The zero-order valence-electron chi connectivity index (χ0n) is 33.6. The van der Waals surface area contributed by atoms with E-state index in [-0.39, 0.29) is 49.8 Å². The third kappa shape index (κ3) is 8.92. The van der Waals surface area contributed by atoms with Crippen molar-refractivity contribution in [1.82, 2.24) is 25.2 Å². The molecule has 1 saturated heterocycles. The zero-order valence-corrected chi connectivity index (χ0v) is 34.4. The van der Waals surface area contributed by atoms with E-state index in [1.165, 1.54) is 12.0 Å². The van der Waals surface area contributed by atoms with Crippen molar-refractivity contribution in [3.05, 3.63) is 36.4 Å². The number of hydrogen-bond acceptors (Lipinski definition) is 11. The lowest BCUT2D eigenvalue weighted by atomic mass is 9.88. The van der Waals surface area contributed by atoms with Crippen LogP contribution in [0.4, 0.5) is 9.18 Å². The number of benzene rings is 1. The molecule has 6 rings (SSSR count). The Morgan fingerprint density at radius 1 is 1.09 bits per heavy atom. The van der Waals surface area contributed by atoms with Crippen molar-refractivity contribution >= 4 is 44.7 Å². The fourth-order valence-electron chi connectivity index (χ4n) is 7.84. The maximum Gasteiger partial charge on any atom is 0.408 e. The molecule has 1 aromatic carbocycles. The van der Waals surface area contributed by atoms with Crippen molar-refractivity contribution in [2.45, 2.75) is 114 Å². The highest BCUT2D eigenvalue weighted by atomic mass is 32.2. The molecule has 2 saturated carbocycles. The topological polar surface area (TPSA) is 192 Å². The number of fused-ring (bicyclic) bond motifs is 3. The van der Waals surface area contributed by atoms with Crippen molar-refractivity contribution < 1.29 is 50.9 Å². The summed E-state index contributed by atoms with van der Waals surface area (Å²) >= 11 is 0. The van der Waals surface area contributed by atoms with Gasteiger partial charge in [0.1, 0.15) is 46.5 Å². The molecule has 2 aliphatic heterocycles. The molecule has 3 N–H and O–H groups in total. The number of amides is 4. The molecule has 2 aliphatic carbocycles. The molecule has 7 atom stereocenters. The van der Waals surface area contributed by atoms with Crippen LogP contribution in [0.15, 0.2) is 36.4 Å². The second kappa shape index (κ2) is 15.9. The molecule has 0 radical (unpaired) electrons. The molecule has 0 spiro atoms. The number of nitrogens with one attached hydrogen (secondary N) is 3. The maximum absolute atomic E-state index is 14.8. The van der Waals surface area contributed by atoms with Crippen LogP contribution in [0.2, 0.25) is 0 Å². The molecule has 1 aromatic heterocycles. The summed E-state index contributed by atoms with van der Waals surface area (Å²) < 4.78 is 63.6. The van der Waals surface area contributed by atoms with Gasteiger partial charge < -0.3 is 34.5 Å². The Kier molecular flexibility index (Phi) is 11.7. The summed E-state index contributed by atoms with van der Waals surface area (Å²) in [5, 5.41) is 6.29. The number of alkyl halides is 1. The van der Waals surface area contributed by atoms with Gasteiger partial charge in [0.05, 0.1) is 26.3 Å². The van der Waals surface area contributed by atoms with E-state index < -0.39 is 86.4 Å². The van der Waals surface area contributed by atoms with Crippen LogP contribution in [0.1, 0.15) is 79.6 Å². The lowest BCUT2D eigenvalue weighted by Crippen LogP contribution is -2.59. The first-order valence-corrected chi connectivity index (χ1v) is 20.9. The van der Waals surface area contributed by atoms with Crippen molar-refractivity contribution in [3.63, 3.8) is 0 Å². The van der Waals surface area contributed by atoms with Crippen molar-refractivity contribution in [3.8, 4) is 17.4 Å². The molecular formula is C40H54FN5O10S. The summed E-state index contributed by atoms with van der Waals surface area (Å²) in [5.41, 5.74) is -1.90. The van der Waals surface area contributed by atoms with E-state index in [9.17, 15) is 32.0 Å². The third-order valence-electron chi connectivity index (χ3n) is 11.4. The Balaban J connectivity index is 1.36. The number of methoxy groups -OCH3 is 2. The Bertz CT molecular complexity index is 2040. The molecular weight excluding hydrogens is 762 g/mol. The van der Waals surface area contributed by atoms with E-state index in [1.807, 2.05) is 19.9 Å². The second-order valence-electron chi connectivity index (χ2n) is 17.0. The quantitative estimate of drug-likeness (QED) is 0.306. The number of aromatic nitrogens is 1. The highest BCUT2D eigenvalue weighted by Gasteiger charge is 2.64. The molecule has 3 heterocycles. The van der Waals surface area contributed by atoms with Gasteiger partial charge in [0, 0.05) is 17.7 Å². The predicted octanol–water partition coefficient (Wildman–Crippen LogP) is 4.33. The fraction of sp³-hybridized carbons (Fsp3) is 0.625. The molecule has 17 heteroatoms. The Hall–Kier alpha value is -4.67. The average Bonchev–Trinajstić information content (AvgIpc) is 4.05. The van der Waals surface area contributed by atoms with Crippen LogP contribution in [-0.4, -0.2) is 104 Å². The summed E-state index contributed by atoms with van der Waals surface area (Å²) in [4.78, 5) is 62.4. The Morgan fingerprint density at radius 2 is 1.82 bits per heavy atom. The molecule has 0 bridgehead atoms. The van der Waals surface area contributed by atoms with Gasteiger partial charge in [-0.25, -0.2) is 22.6 Å². The normalized spacial score (nSPS) is 29.4. The smallest absolute Gasteiger partial charge is 0.408 e. The number of ether oxygens (including phenoxy) is 4. The standard InChI is InChI=1S/C40H54FN5O10S/c1-23-10-8-9-11-26-20-40(26,36(49)45-57(51,52)39(22-41)14-15-39)44-33(47)30-19-28(55-31-18-25-17-27(53-6)12-13-29(25)42-34(31)54-7)21-46(30)35(48)32(24(2)16-23)43-37(50)56-38(3,4)5/h9,11-13,17-18,23-24,26,28,30,32H,8,10,14-16,19-22H2,1-7H3,(H,43,50)(H,44,47)(H,45,49)/b11-9-/t23-,24-,26-,28-,30+,32+,40-/m1/s1. The van der Waals surface area contributed by atoms with E-state index in [2.05, 4.69) is 20.3 Å².